The number of hydrogen-bond acceptors (Lipinski definition) is 3. The number of anilines is 1. The molecule has 0 saturated carbocycles. The second kappa shape index (κ2) is 5.80. The van der Waals surface area contributed by atoms with Gasteiger partial charge < -0.3 is 15.4 Å². The number of amides is 1. The molecule has 0 spiro atoms. The molecule has 4 nitrogen and oxygen atoms in total. The lowest BCUT2D eigenvalue weighted by Crippen LogP contribution is -2.43. The Balaban J connectivity index is 1.94. The molecule has 1 amide bonds. The first-order valence-electron chi connectivity index (χ1n) is 5.87. The van der Waals surface area contributed by atoms with Gasteiger partial charge in [0, 0.05) is 24.8 Å². The van der Waals surface area contributed by atoms with Crippen molar-refractivity contribution in [2.75, 3.05) is 25.5 Å². The third kappa shape index (κ3) is 3.28. The Hall–Kier alpha value is -1.39. The highest BCUT2D eigenvalue weighted by Gasteiger charge is 2.20. The van der Waals surface area contributed by atoms with Gasteiger partial charge >= 0.3 is 0 Å². The van der Waals surface area contributed by atoms with Crippen molar-refractivity contribution in [2.24, 2.45) is 5.92 Å². The highest BCUT2D eigenvalue weighted by molar-refractivity contribution is 5.91. The first-order chi connectivity index (χ1) is 8.29. The van der Waals surface area contributed by atoms with Crippen LogP contribution < -0.4 is 10.6 Å². The fourth-order valence-electron chi connectivity index (χ4n) is 1.88. The Bertz CT molecular complexity index is 389. The Morgan fingerprint density at radius 2 is 2.24 bits per heavy atom. The van der Waals surface area contributed by atoms with Crippen molar-refractivity contribution in [3.05, 3.63) is 29.8 Å². The minimum absolute atomic E-state index is 0.0834. The van der Waals surface area contributed by atoms with Crippen molar-refractivity contribution in [1.29, 1.82) is 0 Å². The van der Waals surface area contributed by atoms with E-state index in [1.54, 1.807) is 7.11 Å². The van der Waals surface area contributed by atoms with Crippen LogP contribution in [0.1, 0.15) is 12.0 Å². The minimum atomic E-state index is 0.0834. The molecule has 2 rings (SSSR count). The lowest BCUT2D eigenvalue weighted by molar-refractivity contribution is -0.117. The topological polar surface area (TPSA) is 50.4 Å². The molecule has 1 aliphatic rings. The third-order valence-corrected chi connectivity index (χ3v) is 2.93. The van der Waals surface area contributed by atoms with Gasteiger partial charge in [0.05, 0.1) is 6.61 Å². The first kappa shape index (κ1) is 12.1. The van der Waals surface area contributed by atoms with Gasteiger partial charge in [-0.2, -0.15) is 0 Å². The maximum absolute atomic E-state index is 11.8. The highest BCUT2D eigenvalue weighted by Crippen LogP contribution is 2.17. The standard InChI is InChI=1S/C13H18N2O2/c1-17-9-11-4-2-3-5-12(11)15-13(16)6-10-7-14-8-10/h2-5,10,14H,6-9H2,1H3,(H,15,16). The van der Waals surface area contributed by atoms with Crippen molar-refractivity contribution in [3.63, 3.8) is 0 Å². The number of rotatable bonds is 5. The van der Waals surface area contributed by atoms with E-state index in [-0.39, 0.29) is 5.91 Å². The van der Waals surface area contributed by atoms with Crippen molar-refractivity contribution in [3.8, 4) is 0 Å². The van der Waals surface area contributed by atoms with Crippen LogP contribution in [0, 0.1) is 5.92 Å². The van der Waals surface area contributed by atoms with E-state index >= 15 is 0 Å². The van der Waals surface area contributed by atoms with Gasteiger partial charge in [-0.05, 0) is 25.1 Å². The summed E-state index contributed by atoms with van der Waals surface area (Å²) in [4.78, 5) is 11.8. The molecule has 1 saturated heterocycles. The Kier molecular flexibility index (Phi) is 4.12. The number of ether oxygens (including phenoxy) is 1. The van der Waals surface area contributed by atoms with Crippen molar-refractivity contribution in [1.82, 2.24) is 5.32 Å². The molecule has 1 fully saturated rings. The van der Waals surface area contributed by atoms with E-state index in [1.165, 1.54) is 0 Å². The lowest BCUT2D eigenvalue weighted by atomic mass is 9.99. The lowest BCUT2D eigenvalue weighted by Gasteiger charge is -2.26. The molecule has 0 radical (unpaired) electrons. The first-order valence-corrected chi connectivity index (χ1v) is 5.87. The van der Waals surface area contributed by atoms with Crippen LogP contribution in [0.5, 0.6) is 0 Å². The highest BCUT2D eigenvalue weighted by atomic mass is 16.5. The van der Waals surface area contributed by atoms with Crippen LogP contribution in [0.15, 0.2) is 24.3 Å². The molecule has 0 bridgehead atoms. The normalized spacial score (nSPS) is 15.4. The fraction of sp³-hybridized carbons (Fsp3) is 0.462. The summed E-state index contributed by atoms with van der Waals surface area (Å²) < 4.78 is 5.10. The van der Waals surface area contributed by atoms with Crippen LogP contribution in [0.25, 0.3) is 0 Å². The number of carbonyl (C=O) groups is 1. The summed E-state index contributed by atoms with van der Waals surface area (Å²) in [5.74, 6) is 0.574. The zero-order chi connectivity index (χ0) is 12.1. The van der Waals surface area contributed by atoms with Gasteiger partial charge in [-0.1, -0.05) is 18.2 Å². The van der Waals surface area contributed by atoms with Crippen molar-refractivity contribution in [2.45, 2.75) is 13.0 Å². The predicted molar refractivity (Wildman–Crippen MR) is 66.8 cm³/mol. The monoisotopic (exact) mass is 234 g/mol. The number of hydrogen-bond donors (Lipinski definition) is 2. The largest absolute Gasteiger partial charge is 0.380 e. The van der Waals surface area contributed by atoms with Gasteiger partial charge in [0.15, 0.2) is 0 Å². The van der Waals surface area contributed by atoms with Crippen LogP contribution in [0.3, 0.4) is 0 Å². The summed E-state index contributed by atoms with van der Waals surface area (Å²) in [6.45, 7) is 2.42. The average molecular weight is 234 g/mol. The number of carbonyl (C=O) groups excluding carboxylic acids is 1. The van der Waals surface area contributed by atoms with Gasteiger partial charge in [0.2, 0.25) is 5.91 Å². The van der Waals surface area contributed by atoms with Crippen LogP contribution in [-0.4, -0.2) is 26.1 Å². The number of methoxy groups -OCH3 is 1. The van der Waals surface area contributed by atoms with Crippen LogP contribution >= 0.6 is 0 Å². The Labute approximate surface area is 101 Å². The molecule has 0 aromatic heterocycles. The van der Waals surface area contributed by atoms with Crippen LogP contribution in [0.2, 0.25) is 0 Å². The quantitative estimate of drug-likeness (QED) is 0.809. The zero-order valence-corrected chi connectivity index (χ0v) is 10.0. The van der Waals surface area contributed by atoms with E-state index in [0.717, 1.165) is 24.3 Å². The van der Waals surface area contributed by atoms with Crippen LogP contribution in [-0.2, 0) is 16.1 Å². The molecular weight excluding hydrogens is 216 g/mol. The molecule has 0 aliphatic carbocycles. The molecule has 1 heterocycles. The molecular formula is C13H18N2O2. The molecule has 1 aliphatic heterocycles. The van der Waals surface area contributed by atoms with E-state index in [4.69, 9.17) is 4.74 Å². The van der Waals surface area contributed by atoms with E-state index in [1.807, 2.05) is 24.3 Å². The van der Waals surface area contributed by atoms with E-state index in [0.29, 0.717) is 18.9 Å². The van der Waals surface area contributed by atoms with Crippen molar-refractivity contribution < 1.29 is 9.53 Å². The number of para-hydroxylation sites is 1. The molecule has 17 heavy (non-hydrogen) atoms. The van der Waals surface area contributed by atoms with Crippen molar-refractivity contribution >= 4 is 11.6 Å². The summed E-state index contributed by atoms with van der Waals surface area (Å²) in [6, 6.07) is 7.73. The molecule has 4 heteroatoms. The second-order valence-electron chi connectivity index (χ2n) is 4.37. The summed E-state index contributed by atoms with van der Waals surface area (Å²) in [5.41, 5.74) is 1.86. The SMILES string of the molecule is COCc1ccccc1NC(=O)CC1CNC1. The Morgan fingerprint density at radius 3 is 2.88 bits per heavy atom. The summed E-state index contributed by atoms with van der Waals surface area (Å²) in [6.07, 6.45) is 0.592. The predicted octanol–water partition coefficient (Wildman–Crippen LogP) is 1.38. The minimum Gasteiger partial charge on any atom is -0.380 e. The fourth-order valence-corrected chi connectivity index (χ4v) is 1.88. The van der Waals surface area contributed by atoms with E-state index in [2.05, 4.69) is 10.6 Å². The smallest absolute Gasteiger partial charge is 0.224 e. The molecule has 0 unspecified atom stereocenters. The summed E-state index contributed by atoms with van der Waals surface area (Å²) in [5, 5.41) is 6.11. The summed E-state index contributed by atoms with van der Waals surface area (Å²) in [7, 11) is 1.65. The second-order valence-corrected chi connectivity index (χ2v) is 4.37. The van der Waals surface area contributed by atoms with E-state index < -0.39 is 0 Å². The number of nitrogens with one attached hydrogen (secondary N) is 2. The van der Waals surface area contributed by atoms with Gasteiger partial charge in [-0.25, -0.2) is 0 Å². The summed E-state index contributed by atoms with van der Waals surface area (Å²) >= 11 is 0. The van der Waals surface area contributed by atoms with Gasteiger partial charge in [-0.15, -0.1) is 0 Å². The van der Waals surface area contributed by atoms with Gasteiger partial charge in [0.1, 0.15) is 0 Å². The number of benzene rings is 1. The van der Waals surface area contributed by atoms with Gasteiger partial charge in [-0.3, -0.25) is 4.79 Å². The molecule has 92 valence electrons. The maximum Gasteiger partial charge on any atom is 0.224 e. The average Bonchev–Trinajstić information content (AvgIpc) is 2.27. The van der Waals surface area contributed by atoms with Crippen LogP contribution in [0.4, 0.5) is 5.69 Å². The maximum atomic E-state index is 11.8. The van der Waals surface area contributed by atoms with Gasteiger partial charge in [0.25, 0.3) is 0 Å². The third-order valence-electron chi connectivity index (χ3n) is 2.93. The molecule has 2 N–H and O–H groups in total. The zero-order valence-electron chi connectivity index (χ0n) is 10.0. The molecule has 1 aromatic carbocycles. The molecule has 1 aromatic rings. The Morgan fingerprint density at radius 1 is 1.47 bits per heavy atom. The van der Waals surface area contributed by atoms with E-state index in [9.17, 15) is 4.79 Å². The molecule has 0 atom stereocenters.